The van der Waals surface area contributed by atoms with E-state index >= 15 is 0 Å². The molecule has 1 unspecified atom stereocenters. The van der Waals surface area contributed by atoms with Gasteiger partial charge < -0.3 is 15.8 Å². The summed E-state index contributed by atoms with van der Waals surface area (Å²) in [5.41, 5.74) is 9.14. The normalized spacial score (nSPS) is 15.4. The number of aliphatic imine (C=N–C) groups is 2. The van der Waals surface area contributed by atoms with Crippen molar-refractivity contribution in [3.8, 4) is 5.82 Å². The van der Waals surface area contributed by atoms with E-state index in [1.54, 1.807) is 41.3 Å². The van der Waals surface area contributed by atoms with E-state index in [2.05, 4.69) is 25.4 Å². The summed E-state index contributed by atoms with van der Waals surface area (Å²) in [5.74, 6) is -0.146. The Balaban J connectivity index is 1.39. The van der Waals surface area contributed by atoms with Crippen LogP contribution in [0.5, 0.6) is 0 Å². The van der Waals surface area contributed by atoms with Crippen molar-refractivity contribution in [3.05, 3.63) is 108 Å². The zero-order chi connectivity index (χ0) is 24.2. The molecule has 1 atom stereocenters. The zero-order valence-corrected chi connectivity index (χ0v) is 18.4. The van der Waals surface area contributed by atoms with Crippen LogP contribution in [-0.2, 0) is 9.53 Å². The number of carbonyl (C=O) groups excluding carboxylic acids is 1. The Morgan fingerprint density at radius 1 is 1.06 bits per heavy atom. The molecule has 1 aliphatic rings. The number of nitrogens with zero attached hydrogens (tertiary/aromatic N) is 5. The standard InChI is InChI=1S/C25H20N8O2/c26-22(17-11-12-20(28-15-17)33-14-6-13-29-33)35-25(27)32-23-24(34)30-19-10-5-4-9-18(19)21(31-23)16-7-2-1-3-8-16/h1-15,23,26H,(H2,27,32)(H,30,34). The number of pyridine rings is 1. The summed E-state index contributed by atoms with van der Waals surface area (Å²) >= 11 is 0. The van der Waals surface area contributed by atoms with Crippen LogP contribution in [0, 0.1) is 5.41 Å². The summed E-state index contributed by atoms with van der Waals surface area (Å²) in [6, 6.07) is 21.6. The minimum Gasteiger partial charge on any atom is -0.407 e. The Hall–Kier alpha value is -5.12. The minimum absolute atomic E-state index is 0.268. The number of benzodiazepines with no additional fused rings is 1. The quantitative estimate of drug-likeness (QED) is 0.314. The molecule has 0 saturated heterocycles. The van der Waals surface area contributed by atoms with Crippen LogP contribution in [0.1, 0.15) is 16.7 Å². The smallest absolute Gasteiger partial charge is 0.291 e. The molecule has 0 fully saturated rings. The molecule has 0 spiro atoms. The highest BCUT2D eigenvalue weighted by Crippen LogP contribution is 2.24. The van der Waals surface area contributed by atoms with Crippen LogP contribution in [0.4, 0.5) is 5.69 Å². The van der Waals surface area contributed by atoms with Crippen LogP contribution in [0.25, 0.3) is 5.82 Å². The van der Waals surface area contributed by atoms with Gasteiger partial charge in [0.25, 0.3) is 11.9 Å². The van der Waals surface area contributed by atoms with Crippen LogP contribution in [0.3, 0.4) is 0 Å². The molecule has 35 heavy (non-hydrogen) atoms. The molecule has 3 heterocycles. The van der Waals surface area contributed by atoms with Crippen molar-refractivity contribution in [1.82, 2.24) is 14.8 Å². The van der Waals surface area contributed by atoms with Gasteiger partial charge in [-0.3, -0.25) is 10.2 Å². The third kappa shape index (κ3) is 4.67. The van der Waals surface area contributed by atoms with Crippen LogP contribution in [0.2, 0.25) is 0 Å². The molecule has 0 bridgehead atoms. The number of aromatic nitrogens is 3. The van der Waals surface area contributed by atoms with Gasteiger partial charge in [-0.25, -0.2) is 14.7 Å². The van der Waals surface area contributed by atoms with Crippen molar-refractivity contribution < 1.29 is 9.53 Å². The van der Waals surface area contributed by atoms with Gasteiger partial charge in [0.2, 0.25) is 12.1 Å². The highest BCUT2D eigenvalue weighted by atomic mass is 16.5. The van der Waals surface area contributed by atoms with Crippen molar-refractivity contribution in [2.45, 2.75) is 6.17 Å². The van der Waals surface area contributed by atoms with Gasteiger partial charge in [-0.2, -0.15) is 10.1 Å². The molecule has 1 aliphatic heterocycles. The van der Waals surface area contributed by atoms with E-state index in [4.69, 9.17) is 15.9 Å². The zero-order valence-electron chi connectivity index (χ0n) is 18.4. The average Bonchev–Trinajstić information content (AvgIpc) is 3.38. The molecule has 10 heteroatoms. The maximum Gasteiger partial charge on any atom is 0.291 e. The summed E-state index contributed by atoms with van der Waals surface area (Å²) in [5, 5.41) is 15.2. The summed E-state index contributed by atoms with van der Waals surface area (Å²) in [6.07, 6.45) is 3.67. The average molecular weight is 464 g/mol. The second-order valence-corrected chi connectivity index (χ2v) is 7.51. The molecule has 4 N–H and O–H groups in total. The third-order valence-corrected chi connectivity index (χ3v) is 5.18. The summed E-state index contributed by atoms with van der Waals surface area (Å²) in [6.45, 7) is 0. The lowest BCUT2D eigenvalue weighted by Gasteiger charge is -2.10. The van der Waals surface area contributed by atoms with Crippen LogP contribution < -0.4 is 11.1 Å². The van der Waals surface area contributed by atoms with Gasteiger partial charge in [0.1, 0.15) is 0 Å². The molecule has 1 amide bonds. The van der Waals surface area contributed by atoms with Gasteiger partial charge >= 0.3 is 0 Å². The van der Waals surface area contributed by atoms with Crippen molar-refractivity contribution in [1.29, 1.82) is 5.41 Å². The topological polar surface area (TPSA) is 144 Å². The van der Waals surface area contributed by atoms with Crippen molar-refractivity contribution >= 4 is 29.2 Å². The number of hydrogen-bond donors (Lipinski definition) is 3. The molecule has 5 rings (SSSR count). The molecule has 2 aromatic carbocycles. The Labute approximate surface area is 200 Å². The predicted molar refractivity (Wildman–Crippen MR) is 132 cm³/mol. The maximum atomic E-state index is 12.9. The molecule has 172 valence electrons. The van der Waals surface area contributed by atoms with E-state index in [-0.39, 0.29) is 11.9 Å². The molecular weight excluding hydrogens is 444 g/mol. The number of rotatable bonds is 4. The number of anilines is 1. The molecule has 0 aliphatic carbocycles. The van der Waals surface area contributed by atoms with E-state index in [1.807, 2.05) is 48.5 Å². The van der Waals surface area contributed by atoms with E-state index < -0.39 is 12.1 Å². The fourth-order valence-electron chi connectivity index (χ4n) is 3.53. The number of fused-ring (bicyclic) bond motifs is 1. The Bertz CT molecular complexity index is 1430. The highest BCUT2D eigenvalue weighted by molar-refractivity contribution is 6.19. The molecular formula is C25H20N8O2. The van der Waals surface area contributed by atoms with Gasteiger partial charge in [0, 0.05) is 29.7 Å². The Morgan fingerprint density at radius 2 is 1.86 bits per heavy atom. The third-order valence-electron chi connectivity index (χ3n) is 5.18. The molecule has 4 aromatic rings. The number of carbonyl (C=O) groups is 1. The Morgan fingerprint density at radius 3 is 2.60 bits per heavy atom. The molecule has 0 saturated carbocycles. The fourth-order valence-corrected chi connectivity index (χ4v) is 3.53. The van der Waals surface area contributed by atoms with Gasteiger partial charge in [-0.05, 0) is 24.3 Å². The Kier molecular flexibility index (Phi) is 5.83. The monoisotopic (exact) mass is 464 g/mol. The minimum atomic E-state index is -1.20. The SMILES string of the molecule is N=C(OC(N)=NC1N=C(c2ccccc2)c2ccccc2NC1=O)c1ccc(-n2cccn2)nc1. The van der Waals surface area contributed by atoms with Gasteiger partial charge in [-0.1, -0.05) is 48.5 Å². The van der Waals surface area contributed by atoms with Gasteiger partial charge in [-0.15, -0.1) is 0 Å². The lowest BCUT2D eigenvalue weighted by atomic mass is 10.0. The first-order valence-corrected chi connectivity index (χ1v) is 10.7. The number of amidine groups is 1. The van der Waals surface area contributed by atoms with Crippen molar-refractivity contribution in [3.63, 3.8) is 0 Å². The second-order valence-electron chi connectivity index (χ2n) is 7.51. The van der Waals surface area contributed by atoms with Gasteiger partial charge in [0.05, 0.1) is 17.0 Å². The summed E-state index contributed by atoms with van der Waals surface area (Å²) < 4.78 is 6.97. The number of nitrogens with one attached hydrogen (secondary N) is 2. The molecule has 2 aromatic heterocycles. The fraction of sp³-hybridized carbons (Fsp3) is 0.0400. The van der Waals surface area contributed by atoms with E-state index in [9.17, 15) is 4.79 Å². The predicted octanol–water partition coefficient (Wildman–Crippen LogP) is 2.74. The largest absolute Gasteiger partial charge is 0.407 e. The van der Waals surface area contributed by atoms with Gasteiger partial charge in [0.15, 0.2) is 5.82 Å². The molecule has 0 radical (unpaired) electrons. The summed E-state index contributed by atoms with van der Waals surface area (Å²) in [4.78, 5) is 25.9. The molecule has 10 nitrogen and oxygen atoms in total. The number of hydrogen-bond acceptors (Lipinski definition) is 7. The number of nitrogens with two attached hydrogens (primary N) is 1. The second kappa shape index (κ2) is 9.40. The van der Waals surface area contributed by atoms with Crippen LogP contribution in [0.15, 0.2) is 101 Å². The maximum absolute atomic E-state index is 12.9. The first-order chi connectivity index (χ1) is 17.1. The summed E-state index contributed by atoms with van der Waals surface area (Å²) in [7, 11) is 0. The number of ether oxygens (including phenoxy) is 1. The number of benzene rings is 2. The van der Waals surface area contributed by atoms with Crippen LogP contribution in [-0.4, -0.2) is 44.5 Å². The first-order valence-electron chi connectivity index (χ1n) is 10.7. The van der Waals surface area contributed by atoms with E-state index in [1.165, 1.54) is 6.20 Å². The van der Waals surface area contributed by atoms with Crippen LogP contribution >= 0.6 is 0 Å². The van der Waals surface area contributed by atoms with Crippen molar-refractivity contribution in [2.24, 2.45) is 15.7 Å². The van der Waals surface area contributed by atoms with E-state index in [0.29, 0.717) is 22.8 Å². The first kappa shape index (κ1) is 21.7. The number of para-hydroxylation sites is 1. The van der Waals surface area contributed by atoms with Crippen molar-refractivity contribution in [2.75, 3.05) is 5.32 Å². The van der Waals surface area contributed by atoms with E-state index in [0.717, 1.165) is 11.1 Å². The lowest BCUT2D eigenvalue weighted by Crippen LogP contribution is -2.29. The lowest BCUT2D eigenvalue weighted by molar-refractivity contribution is -0.117. The highest BCUT2D eigenvalue weighted by Gasteiger charge is 2.26. The number of amides is 1.